The van der Waals surface area contributed by atoms with Crippen LogP contribution in [0.2, 0.25) is 0 Å². The van der Waals surface area contributed by atoms with Gasteiger partial charge in [0.05, 0.1) is 18.3 Å². The first-order chi connectivity index (χ1) is 19.8. The zero-order valence-corrected chi connectivity index (χ0v) is 25.6. The van der Waals surface area contributed by atoms with Crippen LogP contribution in [0.5, 0.6) is 0 Å². The minimum Gasteiger partial charge on any atom is -0.444 e. The van der Waals surface area contributed by atoms with Gasteiger partial charge in [-0.2, -0.15) is 5.26 Å². The molecule has 1 heterocycles. The van der Waals surface area contributed by atoms with E-state index in [2.05, 4.69) is 5.32 Å². The summed E-state index contributed by atoms with van der Waals surface area (Å²) in [6.45, 7) is 13.7. The van der Waals surface area contributed by atoms with Crippen LogP contribution in [0.15, 0.2) is 59.4 Å². The summed E-state index contributed by atoms with van der Waals surface area (Å²) in [6, 6.07) is 18.2. The predicted octanol–water partition coefficient (Wildman–Crippen LogP) is 5.53. The summed E-state index contributed by atoms with van der Waals surface area (Å²) in [6.07, 6.45) is -0.0847. The summed E-state index contributed by atoms with van der Waals surface area (Å²) >= 11 is 0. The molecule has 0 saturated carbocycles. The largest absolute Gasteiger partial charge is 0.444 e. The van der Waals surface area contributed by atoms with E-state index >= 15 is 0 Å². The number of hydrogen-bond donors (Lipinski definition) is 1. The molecule has 0 aliphatic carbocycles. The van der Waals surface area contributed by atoms with Gasteiger partial charge in [0, 0.05) is 18.7 Å². The van der Waals surface area contributed by atoms with Crippen LogP contribution in [0.4, 0.5) is 4.79 Å². The van der Waals surface area contributed by atoms with Crippen LogP contribution in [0, 0.1) is 31.1 Å². The first-order valence-electron chi connectivity index (χ1n) is 14.2. The van der Waals surface area contributed by atoms with Gasteiger partial charge in [-0.3, -0.25) is 14.2 Å². The van der Waals surface area contributed by atoms with Crippen molar-refractivity contribution >= 4 is 12.0 Å². The molecular weight excluding hydrogens is 530 g/mol. The second-order valence-electron chi connectivity index (χ2n) is 11.8. The fourth-order valence-electron chi connectivity index (χ4n) is 4.74. The summed E-state index contributed by atoms with van der Waals surface area (Å²) in [5, 5.41) is 12.5. The fourth-order valence-corrected chi connectivity index (χ4v) is 4.74. The molecule has 1 N–H and O–H groups in total. The van der Waals surface area contributed by atoms with Crippen molar-refractivity contribution in [3.8, 4) is 6.07 Å². The Morgan fingerprint density at radius 2 is 1.71 bits per heavy atom. The molecule has 3 aromatic rings. The maximum Gasteiger partial charge on any atom is 0.407 e. The van der Waals surface area contributed by atoms with Crippen LogP contribution < -0.4 is 10.9 Å². The van der Waals surface area contributed by atoms with Gasteiger partial charge in [0.2, 0.25) is 0 Å². The summed E-state index contributed by atoms with van der Waals surface area (Å²) in [5.41, 5.74) is 1.65. The van der Waals surface area contributed by atoms with Gasteiger partial charge < -0.3 is 15.0 Å². The normalized spacial score (nSPS) is 12.0. The molecule has 0 bridgehead atoms. The maximum absolute atomic E-state index is 14.1. The van der Waals surface area contributed by atoms with Crippen molar-refractivity contribution in [1.82, 2.24) is 19.8 Å². The van der Waals surface area contributed by atoms with Gasteiger partial charge in [-0.05, 0) is 64.7 Å². The van der Waals surface area contributed by atoms with E-state index in [0.717, 1.165) is 11.1 Å². The Labute approximate surface area is 248 Å². The number of nitriles is 1. The predicted molar refractivity (Wildman–Crippen MR) is 162 cm³/mol. The lowest BCUT2D eigenvalue weighted by Crippen LogP contribution is -2.43. The van der Waals surface area contributed by atoms with Crippen LogP contribution in [0.3, 0.4) is 0 Å². The summed E-state index contributed by atoms with van der Waals surface area (Å²) < 4.78 is 6.86. The van der Waals surface area contributed by atoms with Crippen LogP contribution in [-0.4, -0.2) is 45.1 Å². The Morgan fingerprint density at radius 3 is 2.29 bits per heavy atom. The molecule has 1 atom stereocenters. The van der Waals surface area contributed by atoms with E-state index < -0.39 is 23.3 Å². The molecule has 222 valence electrons. The first-order valence-corrected chi connectivity index (χ1v) is 14.2. The van der Waals surface area contributed by atoms with Gasteiger partial charge in [-0.25, -0.2) is 9.78 Å². The van der Waals surface area contributed by atoms with Gasteiger partial charge in [0.15, 0.2) is 0 Å². The van der Waals surface area contributed by atoms with Crippen molar-refractivity contribution in [2.24, 2.45) is 5.92 Å². The van der Waals surface area contributed by atoms with E-state index in [1.165, 1.54) is 4.57 Å². The van der Waals surface area contributed by atoms with Crippen molar-refractivity contribution < 1.29 is 14.3 Å². The molecule has 9 heteroatoms. The summed E-state index contributed by atoms with van der Waals surface area (Å²) in [4.78, 5) is 46.5. The minimum absolute atomic E-state index is 0.0184. The molecule has 9 nitrogen and oxygen atoms in total. The Bertz CT molecular complexity index is 1480. The number of nitrogens with zero attached hydrogens (tertiary/aromatic N) is 4. The number of rotatable bonds is 10. The van der Waals surface area contributed by atoms with Crippen LogP contribution in [0.1, 0.15) is 85.6 Å². The van der Waals surface area contributed by atoms with Crippen LogP contribution in [-0.2, 0) is 11.3 Å². The lowest BCUT2D eigenvalue weighted by molar-refractivity contribution is 0.0519. The molecule has 3 rings (SSSR count). The third-order valence-electron chi connectivity index (χ3n) is 6.71. The highest BCUT2D eigenvalue weighted by atomic mass is 16.6. The van der Waals surface area contributed by atoms with Gasteiger partial charge >= 0.3 is 6.09 Å². The van der Waals surface area contributed by atoms with Crippen molar-refractivity contribution in [2.75, 3.05) is 13.1 Å². The van der Waals surface area contributed by atoms with E-state index in [-0.39, 0.29) is 37.0 Å². The van der Waals surface area contributed by atoms with Crippen LogP contribution in [0.25, 0.3) is 0 Å². The smallest absolute Gasteiger partial charge is 0.407 e. The SMILES string of the molecule is Cc1ccc(C(=O)N(CCCNC(=O)OC(C)(C)C)C(c2nc(C)c(C#N)c(=O)n2Cc2ccccc2)C(C)C)cc1. The van der Waals surface area contributed by atoms with Crippen molar-refractivity contribution in [3.05, 3.63) is 98.7 Å². The third-order valence-corrected chi connectivity index (χ3v) is 6.71. The van der Waals surface area contributed by atoms with E-state index in [0.29, 0.717) is 23.5 Å². The number of amides is 2. The first kappa shape index (κ1) is 32.1. The Balaban J connectivity index is 2.07. The fraction of sp³-hybridized carbons (Fsp3) is 0.424. The molecule has 2 aromatic carbocycles. The molecule has 2 amide bonds. The van der Waals surface area contributed by atoms with Crippen molar-refractivity contribution in [3.63, 3.8) is 0 Å². The average Bonchev–Trinajstić information content (AvgIpc) is 2.92. The maximum atomic E-state index is 14.1. The highest BCUT2D eigenvalue weighted by Gasteiger charge is 2.33. The number of aromatic nitrogens is 2. The van der Waals surface area contributed by atoms with E-state index in [1.807, 2.05) is 69.3 Å². The average molecular weight is 572 g/mol. The second-order valence-corrected chi connectivity index (χ2v) is 11.8. The third kappa shape index (κ3) is 8.29. The monoisotopic (exact) mass is 571 g/mol. The number of benzene rings is 2. The van der Waals surface area contributed by atoms with Gasteiger partial charge in [0.1, 0.15) is 23.1 Å². The van der Waals surface area contributed by atoms with Gasteiger partial charge in [-0.1, -0.05) is 61.9 Å². The molecule has 0 saturated heterocycles. The number of alkyl carbamates (subject to hydrolysis) is 1. The molecule has 1 aromatic heterocycles. The zero-order chi connectivity index (χ0) is 31.0. The number of aryl methyl sites for hydroxylation is 2. The standard InChI is InChI=1S/C33H41N5O4/c1-22(2)28(29-36-24(4)27(20-34)31(40)38(29)21-25-12-9-8-10-13-25)37(30(39)26-16-14-23(3)15-17-26)19-11-18-35-32(41)42-33(5,6)7/h8-10,12-17,22,28H,11,18-19,21H2,1-7H3,(H,35,41). The summed E-state index contributed by atoms with van der Waals surface area (Å²) in [7, 11) is 0. The van der Waals surface area contributed by atoms with Gasteiger partial charge in [-0.15, -0.1) is 0 Å². The highest BCUT2D eigenvalue weighted by Crippen LogP contribution is 2.30. The van der Waals surface area contributed by atoms with Crippen molar-refractivity contribution in [1.29, 1.82) is 5.26 Å². The molecular formula is C33H41N5O4. The lowest BCUT2D eigenvalue weighted by atomic mass is 9.98. The van der Waals surface area contributed by atoms with Gasteiger partial charge in [0.25, 0.3) is 11.5 Å². The Kier molecular flexibility index (Phi) is 10.6. The number of ether oxygens (including phenoxy) is 1. The summed E-state index contributed by atoms with van der Waals surface area (Å²) in [5.74, 6) is 0.0591. The number of carbonyl (C=O) groups excluding carboxylic acids is 2. The number of nitrogens with one attached hydrogen (secondary N) is 1. The second kappa shape index (κ2) is 13.9. The van der Waals surface area contributed by atoms with Crippen LogP contribution >= 0.6 is 0 Å². The molecule has 0 spiro atoms. The molecule has 0 aliphatic heterocycles. The Morgan fingerprint density at radius 1 is 1.07 bits per heavy atom. The number of carbonyl (C=O) groups is 2. The zero-order valence-electron chi connectivity index (χ0n) is 25.6. The molecule has 0 aliphatic rings. The quantitative estimate of drug-likeness (QED) is 0.320. The van der Waals surface area contributed by atoms with E-state index in [1.54, 1.807) is 44.7 Å². The Hall–Kier alpha value is -4.45. The number of hydrogen-bond acceptors (Lipinski definition) is 6. The van der Waals surface area contributed by atoms with E-state index in [9.17, 15) is 19.6 Å². The topological polar surface area (TPSA) is 117 Å². The molecule has 0 radical (unpaired) electrons. The lowest BCUT2D eigenvalue weighted by Gasteiger charge is -2.36. The van der Waals surface area contributed by atoms with Crippen molar-refractivity contribution in [2.45, 2.75) is 73.1 Å². The molecule has 0 fully saturated rings. The van der Waals surface area contributed by atoms with E-state index in [4.69, 9.17) is 9.72 Å². The highest BCUT2D eigenvalue weighted by molar-refractivity contribution is 5.94. The minimum atomic E-state index is -0.623. The molecule has 42 heavy (non-hydrogen) atoms. The molecule has 1 unspecified atom stereocenters.